The van der Waals surface area contributed by atoms with E-state index in [1.807, 2.05) is 37.3 Å². The van der Waals surface area contributed by atoms with Crippen LogP contribution in [0.4, 0.5) is 11.4 Å². The van der Waals surface area contributed by atoms with Gasteiger partial charge in [0.05, 0.1) is 31.7 Å². The first-order chi connectivity index (χ1) is 15.9. The van der Waals surface area contributed by atoms with Gasteiger partial charge in [-0.15, -0.1) is 0 Å². The molecule has 0 saturated heterocycles. The lowest BCUT2D eigenvalue weighted by molar-refractivity contribution is 0.106. The lowest BCUT2D eigenvalue weighted by Crippen LogP contribution is -2.31. The molecule has 0 aliphatic carbocycles. The molecule has 1 atom stereocenters. The topological polar surface area (TPSA) is 73.7 Å². The molecule has 0 fully saturated rings. The number of aryl methyl sites for hydroxylation is 1. The van der Waals surface area contributed by atoms with Crippen LogP contribution < -0.4 is 21.3 Å². The number of nitrogens with two attached hydrogens (primary N) is 2. The van der Waals surface area contributed by atoms with Gasteiger partial charge in [-0.1, -0.05) is 43.3 Å². The predicted molar refractivity (Wildman–Crippen MR) is 138 cm³/mol. The van der Waals surface area contributed by atoms with Crippen LogP contribution in [-0.2, 0) is 18.0 Å². The number of methoxy groups -OCH3 is 1. The summed E-state index contributed by atoms with van der Waals surface area (Å²) in [7, 11) is 1.67. The lowest BCUT2D eigenvalue weighted by atomic mass is 9.84. The van der Waals surface area contributed by atoms with Gasteiger partial charge in [-0.2, -0.15) is 0 Å². The molecule has 33 heavy (non-hydrogen) atoms. The minimum Gasteiger partial charge on any atom is -0.497 e. The number of nitrogen functional groups attached to an aromatic ring is 1. The normalized spacial score (nSPS) is 11.9. The second-order valence-electron chi connectivity index (χ2n) is 8.49. The van der Waals surface area contributed by atoms with Gasteiger partial charge in [0.15, 0.2) is 0 Å². The zero-order valence-electron chi connectivity index (χ0n) is 20.5. The van der Waals surface area contributed by atoms with Gasteiger partial charge in [-0.3, -0.25) is 0 Å². The van der Waals surface area contributed by atoms with Crippen LogP contribution in [0.3, 0.4) is 0 Å². The summed E-state index contributed by atoms with van der Waals surface area (Å²) in [5, 5.41) is 1.69. The van der Waals surface area contributed by atoms with Crippen LogP contribution in [0.2, 0.25) is 0 Å². The van der Waals surface area contributed by atoms with Crippen molar-refractivity contribution in [2.45, 2.75) is 53.2 Å². The summed E-state index contributed by atoms with van der Waals surface area (Å²) in [5.41, 5.74) is 15.3. The first-order valence-electron chi connectivity index (χ1n) is 11.6. The van der Waals surface area contributed by atoms with E-state index in [2.05, 4.69) is 45.0 Å². The molecular weight excluding hydrogens is 410 g/mol. The number of benzene rings is 3. The Morgan fingerprint density at radius 3 is 2.30 bits per heavy atom. The minimum atomic E-state index is 0.259. The van der Waals surface area contributed by atoms with E-state index in [4.69, 9.17) is 21.1 Å². The van der Waals surface area contributed by atoms with Gasteiger partial charge in [0.2, 0.25) is 0 Å². The number of hydrogen-bond acceptors (Lipinski definition) is 5. The zero-order valence-corrected chi connectivity index (χ0v) is 20.5. The quantitative estimate of drug-likeness (QED) is 0.232. The van der Waals surface area contributed by atoms with E-state index >= 15 is 0 Å². The highest BCUT2D eigenvalue weighted by Crippen LogP contribution is 2.36. The fraction of sp³-hybridized carbons (Fsp3) is 0.357. The predicted octanol–water partition coefficient (Wildman–Crippen LogP) is 5.85. The monoisotopic (exact) mass is 447 g/mol. The van der Waals surface area contributed by atoms with Crippen molar-refractivity contribution in [3.05, 3.63) is 88.0 Å². The van der Waals surface area contributed by atoms with Crippen LogP contribution in [0, 0.1) is 13.8 Å². The molecule has 0 aromatic heterocycles. The number of hydrazine groups is 1. The molecule has 0 spiro atoms. The highest BCUT2D eigenvalue weighted by Gasteiger charge is 2.19. The van der Waals surface area contributed by atoms with E-state index in [1.165, 1.54) is 22.3 Å². The number of nitrogens with zero attached hydrogens (tertiary/aromatic N) is 1. The average Bonchev–Trinajstić information content (AvgIpc) is 2.84. The van der Waals surface area contributed by atoms with Gasteiger partial charge in [0.1, 0.15) is 5.75 Å². The average molecular weight is 448 g/mol. The number of anilines is 2. The molecule has 3 rings (SSSR count). The van der Waals surface area contributed by atoms with E-state index in [0.717, 1.165) is 34.7 Å². The van der Waals surface area contributed by atoms with Crippen molar-refractivity contribution >= 4 is 11.4 Å². The van der Waals surface area contributed by atoms with E-state index in [9.17, 15) is 0 Å². The Kier molecular flexibility index (Phi) is 8.37. The van der Waals surface area contributed by atoms with Crippen molar-refractivity contribution in [2.75, 3.05) is 24.4 Å². The molecular formula is C28H37N3O2. The van der Waals surface area contributed by atoms with Crippen LogP contribution in [0.15, 0.2) is 54.6 Å². The molecule has 0 aliphatic heterocycles. The van der Waals surface area contributed by atoms with Crippen molar-refractivity contribution < 1.29 is 9.47 Å². The molecule has 5 heteroatoms. The van der Waals surface area contributed by atoms with Gasteiger partial charge in [-0.05, 0) is 78.8 Å². The second kappa shape index (κ2) is 11.2. The summed E-state index contributed by atoms with van der Waals surface area (Å²) >= 11 is 0. The van der Waals surface area contributed by atoms with Gasteiger partial charge in [-0.25, -0.2) is 5.84 Å². The maximum atomic E-state index is 6.47. The Bertz CT molecular complexity index is 1060. The largest absolute Gasteiger partial charge is 0.497 e. The number of hydrogen-bond donors (Lipinski definition) is 2. The van der Waals surface area contributed by atoms with E-state index < -0.39 is 0 Å². The maximum absolute atomic E-state index is 6.47. The van der Waals surface area contributed by atoms with Crippen molar-refractivity contribution in [2.24, 2.45) is 5.84 Å². The molecule has 4 N–H and O–H groups in total. The summed E-state index contributed by atoms with van der Waals surface area (Å²) in [5.74, 6) is 7.22. The summed E-state index contributed by atoms with van der Waals surface area (Å²) in [4.78, 5) is 0. The molecule has 0 aliphatic rings. The summed E-state index contributed by atoms with van der Waals surface area (Å²) in [6, 6.07) is 18.9. The molecule has 3 aromatic carbocycles. The number of rotatable bonds is 10. The SMILES string of the molecule is CCC(c1ccc(C)c(COCc2ccc(OC)cc2)c1)c1ccc(N(N)CC)c(N)c1C. The molecule has 0 radical (unpaired) electrons. The zero-order chi connectivity index (χ0) is 24.0. The Morgan fingerprint density at radius 1 is 0.939 bits per heavy atom. The molecule has 1 unspecified atom stereocenters. The lowest BCUT2D eigenvalue weighted by Gasteiger charge is -2.25. The third kappa shape index (κ3) is 5.67. The van der Waals surface area contributed by atoms with Crippen LogP contribution in [0.1, 0.15) is 59.6 Å². The molecule has 0 heterocycles. The molecule has 0 saturated carbocycles. The van der Waals surface area contributed by atoms with Gasteiger partial charge >= 0.3 is 0 Å². The van der Waals surface area contributed by atoms with Crippen molar-refractivity contribution in [3.63, 3.8) is 0 Å². The third-order valence-corrected chi connectivity index (χ3v) is 6.43. The van der Waals surface area contributed by atoms with Gasteiger partial charge < -0.3 is 20.2 Å². The fourth-order valence-corrected chi connectivity index (χ4v) is 4.23. The standard InChI is InChI=1S/C28H37N3O2/c1-6-25(26-14-15-27(31(30)7-2)28(29)20(26)4)22-11-8-19(3)23(16-22)18-33-17-21-9-12-24(32-5)13-10-21/h8-16,25H,6-7,17-18,29-30H2,1-5H3. The Hall–Kier alpha value is -3.02. The minimum absolute atomic E-state index is 0.259. The Balaban J connectivity index is 1.79. The Morgan fingerprint density at radius 2 is 1.67 bits per heavy atom. The first kappa shape index (κ1) is 24.6. The summed E-state index contributed by atoms with van der Waals surface area (Å²) in [6.07, 6.45) is 0.981. The van der Waals surface area contributed by atoms with Crippen LogP contribution in [0.5, 0.6) is 5.75 Å². The van der Waals surface area contributed by atoms with E-state index in [-0.39, 0.29) is 5.92 Å². The van der Waals surface area contributed by atoms with Gasteiger partial charge in [0.25, 0.3) is 0 Å². The van der Waals surface area contributed by atoms with E-state index in [0.29, 0.717) is 19.8 Å². The summed E-state index contributed by atoms with van der Waals surface area (Å²) < 4.78 is 11.3. The molecule has 3 aromatic rings. The molecule has 5 nitrogen and oxygen atoms in total. The van der Waals surface area contributed by atoms with Crippen LogP contribution in [0.25, 0.3) is 0 Å². The molecule has 176 valence electrons. The molecule has 0 bridgehead atoms. The fourth-order valence-electron chi connectivity index (χ4n) is 4.23. The highest BCUT2D eigenvalue weighted by atomic mass is 16.5. The van der Waals surface area contributed by atoms with Crippen molar-refractivity contribution in [3.8, 4) is 5.75 Å². The van der Waals surface area contributed by atoms with Crippen LogP contribution >= 0.6 is 0 Å². The van der Waals surface area contributed by atoms with E-state index in [1.54, 1.807) is 12.1 Å². The van der Waals surface area contributed by atoms with Crippen molar-refractivity contribution in [1.29, 1.82) is 0 Å². The number of ether oxygens (including phenoxy) is 2. The molecule has 0 amide bonds. The smallest absolute Gasteiger partial charge is 0.118 e. The highest BCUT2D eigenvalue weighted by molar-refractivity contribution is 5.72. The first-order valence-corrected chi connectivity index (χ1v) is 11.6. The third-order valence-electron chi connectivity index (χ3n) is 6.43. The van der Waals surface area contributed by atoms with Gasteiger partial charge in [0, 0.05) is 12.5 Å². The Labute approximate surface area is 198 Å². The van der Waals surface area contributed by atoms with Crippen molar-refractivity contribution in [1.82, 2.24) is 0 Å². The second-order valence-corrected chi connectivity index (χ2v) is 8.49. The summed E-state index contributed by atoms with van der Waals surface area (Å²) in [6.45, 7) is 10.3. The maximum Gasteiger partial charge on any atom is 0.118 e. The van der Waals surface area contributed by atoms with Crippen LogP contribution in [-0.4, -0.2) is 13.7 Å².